The van der Waals surface area contributed by atoms with Crippen LogP contribution in [0.25, 0.3) is 0 Å². The molecule has 0 amide bonds. The van der Waals surface area contributed by atoms with Gasteiger partial charge in [0, 0.05) is 11.6 Å². The summed E-state index contributed by atoms with van der Waals surface area (Å²) >= 11 is 0. The van der Waals surface area contributed by atoms with Crippen LogP contribution in [0.4, 0.5) is 8.78 Å². The highest BCUT2D eigenvalue weighted by Gasteiger charge is 1.96. The Hall–Kier alpha value is -1.69. The summed E-state index contributed by atoms with van der Waals surface area (Å²) in [7, 11) is 0. The minimum Gasteiger partial charge on any atom is -0.289 e. The molecule has 0 aliphatic rings. The predicted octanol–water partition coefficient (Wildman–Crippen LogP) is 1.52. The quantitative estimate of drug-likeness (QED) is 0.421. The topological polar surface area (TPSA) is 17.1 Å². The molecule has 1 aromatic carbocycles. The molecular formula is C9H4F2O. The highest BCUT2D eigenvalue weighted by Crippen LogP contribution is 2.05. The highest BCUT2D eigenvalue weighted by atomic mass is 19.1. The Morgan fingerprint density at radius 3 is 2.25 bits per heavy atom. The molecule has 0 radical (unpaired) electrons. The van der Waals surface area contributed by atoms with E-state index in [9.17, 15) is 13.6 Å². The van der Waals surface area contributed by atoms with Crippen LogP contribution in [-0.4, -0.2) is 6.29 Å². The zero-order valence-electron chi connectivity index (χ0n) is 5.97. The lowest BCUT2D eigenvalue weighted by Gasteiger charge is -1.91. The van der Waals surface area contributed by atoms with Crippen molar-refractivity contribution >= 4 is 6.29 Å². The van der Waals surface area contributed by atoms with E-state index in [-0.39, 0.29) is 5.56 Å². The maximum Gasteiger partial charge on any atom is 0.193 e. The van der Waals surface area contributed by atoms with Gasteiger partial charge in [0.2, 0.25) is 0 Å². The van der Waals surface area contributed by atoms with Gasteiger partial charge in [-0.1, -0.05) is 5.92 Å². The second-order valence-electron chi connectivity index (χ2n) is 2.05. The molecule has 12 heavy (non-hydrogen) atoms. The molecule has 0 bridgehead atoms. The van der Waals surface area contributed by atoms with Gasteiger partial charge >= 0.3 is 0 Å². The van der Waals surface area contributed by atoms with Crippen molar-refractivity contribution in [2.45, 2.75) is 0 Å². The Morgan fingerprint density at radius 2 is 1.75 bits per heavy atom. The van der Waals surface area contributed by atoms with E-state index < -0.39 is 11.6 Å². The number of halogens is 2. The minimum absolute atomic E-state index is 0.152. The Balaban J connectivity index is 3.08. The second kappa shape index (κ2) is 3.63. The van der Waals surface area contributed by atoms with Gasteiger partial charge in [-0.2, -0.15) is 0 Å². The molecule has 0 N–H and O–H groups in total. The molecule has 0 aromatic heterocycles. The van der Waals surface area contributed by atoms with Gasteiger partial charge in [0.05, 0.1) is 0 Å². The van der Waals surface area contributed by atoms with Crippen molar-refractivity contribution in [1.82, 2.24) is 0 Å². The van der Waals surface area contributed by atoms with E-state index in [0.717, 1.165) is 18.2 Å². The Bertz CT molecular complexity index is 340. The molecule has 0 heterocycles. The van der Waals surface area contributed by atoms with E-state index in [0.29, 0.717) is 6.29 Å². The zero-order valence-corrected chi connectivity index (χ0v) is 5.97. The molecule has 1 nitrogen and oxygen atoms in total. The summed E-state index contributed by atoms with van der Waals surface area (Å²) in [6.45, 7) is 0. The van der Waals surface area contributed by atoms with Crippen LogP contribution in [0.1, 0.15) is 5.56 Å². The van der Waals surface area contributed by atoms with Gasteiger partial charge in [0.25, 0.3) is 0 Å². The van der Waals surface area contributed by atoms with Gasteiger partial charge < -0.3 is 0 Å². The van der Waals surface area contributed by atoms with Crippen molar-refractivity contribution in [1.29, 1.82) is 0 Å². The summed E-state index contributed by atoms with van der Waals surface area (Å²) in [5.41, 5.74) is 0.152. The van der Waals surface area contributed by atoms with Crippen molar-refractivity contribution < 1.29 is 13.6 Å². The van der Waals surface area contributed by atoms with Gasteiger partial charge in [-0.3, -0.25) is 4.79 Å². The first-order chi connectivity index (χ1) is 5.72. The maximum absolute atomic E-state index is 12.5. The van der Waals surface area contributed by atoms with Crippen LogP contribution in [0, 0.1) is 23.5 Å². The largest absolute Gasteiger partial charge is 0.289 e. The molecule has 0 atom stereocenters. The lowest BCUT2D eigenvalue weighted by atomic mass is 10.2. The van der Waals surface area contributed by atoms with Crippen molar-refractivity contribution in [3.05, 3.63) is 35.4 Å². The van der Waals surface area contributed by atoms with Gasteiger partial charge in [0.1, 0.15) is 11.6 Å². The van der Waals surface area contributed by atoms with Crippen LogP contribution >= 0.6 is 0 Å². The van der Waals surface area contributed by atoms with Crippen molar-refractivity contribution in [3.8, 4) is 11.8 Å². The number of aldehydes is 1. The van der Waals surface area contributed by atoms with E-state index in [4.69, 9.17) is 0 Å². The number of rotatable bonds is 0. The SMILES string of the molecule is O=CC#Cc1cc(F)cc(F)c1. The molecule has 0 aliphatic heterocycles. The fraction of sp³-hybridized carbons (Fsp3) is 0. The summed E-state index contributed by atoms with van der Waals surface area (Å²) < 4.78 is 24.9. The smallest absolute Gasteiger partial charge is 0.193 e. The zero-order chi connectivity index (χ0) is 8.97. The van der Waals surface area contributed by atoms with Gasteiger partial charge in [-0.15, -0.1) is 0 Å². The summed E-state index contributed by atoms with van der Waals surface area (Å²) in [4.78, 5) is 9.79. The van der Waals surface area contributed by atoms with Crippen LogP contribution in [0.3, 0.4) is 0 Å². The fourth-order valence-corrected chi connectivity index (χ4v) is 0.739. The summed E-state index contributed by atoms with van der Waals surface area (Å²) in [6.07, 6.45) is 0.364. The lowest BCUT2D eigenvalue weighted by Crippen LogP contribution is -1.82. The Labute approximate surface area is 68.0 Å². The Kier molecular flexibility index (Phi) is 2.54. The molecule has 0 aliphatic carbocycles. The van der Waals surface area contributed by atoms with Crippen molar-refractivity contribution in [3.63, 3.8) is 0 Å². The Morgan fingerprint density at radius 1 is 1.17 bits per heavy atom. The first-order valence-corrected chi connectivity index (χ1v) is 3.13. The van der Waals surface area contributed by atoms with Crippen LogP contribution in [0.5, 0.6) is 0 Å². The standard InChI is InChI=1S/C9H4F2O/c10-8-4-7(2-1-3-12)5-9(11)6-8/h3-6H. The van der Waals surface area contributed by atoms with E-state index in [2.05, 4.69) is 11.8 Å². The normalized spacial score (nSPS) is 8.50. The third-order valence-electron chi connectivity index (χ3n) is 1.14. The van der Waals surface area contributed by atoms with Crippen molar-refractivity contribution in [2.75, 3.05) is 0 Å². The van der Waals surface area contributed by atoms with Gasteiger partial charge in [-0.05, 0) is 18.1 Å². The van der Waals surface area contributed by atoms with Crippen LogP contribution < -0.4 is 0 Å². The van der Waals surface area contributed by atoms with E-state index in [1.165, 1.54) is 0 Å². The van der Waals surface area contributed by atoms with E-state index in [1.807, 2.05) is 0 Å². The lowest BCUT2D eigenvalue weighted by molar-refractivity contribution is -0.103. The van der Waals surface area contributed by atoms with Gasteiger partial charge in [-0.25, -0.2) is 8.78 Å². The van der Waals surface area contributed by atoms with Crippen LogP contribution in [0.15, 0.2) is 18.2 Å². The molecule has 0 unspecified atom stereocenters. The number of benzene rings is 1. The van der Waals surface area contributed by atoms with Crippen LogP contribution in [0.2, 0.25) is 0 Å². The third kappa shape index (κ3) is 2.17. The van der Waals surface area contributed by atoms with Crippen molar-refractivity contribution in [2.24, 2.45) is 0 Å². The van der Waals surface area contributed by atoms with Gasteiger partial charge in [0.15, 0.2) is 6.29 Å². The van der Waals surface area contributed by atoms with E-state index in [1.54, 1.807) is 0 Å². The first-order valence-electron chi connectivity index (χ1n) is 3.13. The average molecular weight is 166 g/mol. The number of hydrogen-bond acceptors (Lipinski definition) is 1. The molecule has 3 heteroatoms. The fourth-order valence-electron chi connectivity index (χ4n) is 0.739. The molecule has 0 spiro atoms. The third-order valence-corrected chi connectivity index (χ3v) is 1.14. The number of carbonyl (C=O) groups excluding carboxylic acids is 1. The molecule has 0 saturated heterocycles. The van der Waals surface area contributed by atoms with Crippen LogP contribution in [-0.2, 0) is 4.79 Å². The second-order valence-corrected chi connectivity index (χ2v) is 2.05. The maximum atomic E-state index is 12.5. The molecule has 0 saturated carbocycles. The molecule has 0 fully saturated rings. The highest BCUT2D eigenvalue weighted by molar-refractivity contribution is 5.73. The molecule has 60 valence electrons. The first kappa shape index (κ1) is 8.41. The number of carbonyl (C=O) groups is 1. The summed E-state index contributed by atoms with van der Waals surface area (Å²) in [5, 5.41) is 0. The molecule has 1 aromatic rings. The summed E-state index contributed by atoms with van der Waals surface area (Å²) in [5.74, 6) is 2.93. The minimum atomic E-state index is -0.704. The molecule has 1 rings (SSSR count). The van der Waals surface area contributed by atoms with E-state index >= 15 is 0 Å². The molecular weight excluding hydrogens is 162 g/mol. The monoisotopic (exact) mass is 166 g/mol. The summed E-state index contributed by atoms with van der Waals surface area (Å²) in [6, 6.07) is 2.85. The number of hydrogen-bond donors (Lipinski definition) is 0. The predicted molar refractivity (Wildman–Crippen MR) is 39.3 cm³/mol. The average Bonchev–Trinajstić information content (AvgIpc) is 1.99.